The van der Waals surface area contributed by atoms with Crippen LogP contribution in [0.25, 0.3) is 0 Å². The third kappa shape index (κ3) is 4.29. The van der Waals surface area contributed by atoms with Crippen LogP contribution in [0.15, 0.2) is 23.1 Å². The van der Waals surface area contributed by atoms with Crippen molar-refractivity contribution in [1.29, 1.82) is 0 Å². The molecule has 2 heterocycles. The Morgan fingerprint density at radius 2 is 1.80 bits per heavy atom. The first-order valence-electron chi connectivity index (χ1n) is 9.88. The molecule has 4 rings (SSSR count). The second-order valence-corrected chi connectivity index (χ2v) is 10.9. The number of hydrogen-bond donors (Lipinski definition) is 0. The van der Waals surface area contributed by atoms with Crippen molar-refractivity contribution < 1.29 is 13.3 Å². The molecule has 0 spiro atoms. The number of nitro groups is 1. The van der Waals surface area contributed by atoms with E-state index in [0.717, 1.165) is 29.0 Å². The fourth-order valence-corrected chi connectivity index (χ4v) is 6.62. The molecule has 0 unspecified atom stereocenters. The van der Waals surface area contributed by atoms with Gasteiger partial charge in [-0.25, -0.2) is 8.42 Å². The van der Waals surface area contributed by atoms with E-state index in [9.17, 15) is 18.5 Å². The maximum atomic E-state index is 12.9. The highest BCUT2D eigenvalue weighted by Crippen LogP contribution is 2.36. The van der Waals surface area contributed by atoms with E-state index in [-0.39, 0.29) is 23.0 Å². The highest BCUT2D eigenvalue weighted by atomic mass is 35.5. The zero-order valence-corrected chi connectivity index (χ0v) is 18.6. The fourth-order valence-electron chi connectivity index (χ4n) is 3.93. The summed E-state index contributed by atoms with van der Waals surface area (Å²) in [4.78, 5) is 12.3. The van der Waals surface area contributed by atoms with Crippen molar-refractivity contribution in [2.24, 2.45) is 0 Å². The standard InChI is InChI=1S/C18H22ClN5O4S2/c19-15-7-6-14(12-16(15)24(25)26)30(27,28)23-10-8-22(9-11-23)18-21-20-17(29-18)13-4-2-1-3-5-13/h6-7,12-13H,1-5,8-11H2. The zero-order chi connectivity index (χ0) is 21.3. The Bertz CT molecular complexity index is 1030. The fraction of sp³-hybridized carbons (Fsp3) is 0.556. The van der Waals surface area contributed by atoms with Gasteiger partial charge in [-0.05, 0) is 25.0 Å². The predicted octanol–water partition coefficient (Wildman–Crippen LogP) is 3.66. The largest absolute Gasteiger partial charge is 0.344 e. The van der Waals surface area contributed by atoms with Gasteiger partial charge in [-0.15, -0.1) is 10.2 Å². The molecule has 2 aliphatic rings. The van der Waals surface area contributed by atoms with Crippen LogP contribution in [0.2, 0.25) is 5.02 Å². The van der Waals surface area contributed by atoms with Gasteiger partial charge in [0.15, 0.2) is 0 Å². The first-order valence-corrected chi connectivity index (χ1v) is 12.5. The number of aromatic nitrogens is 2. The lowest BCUT2D eigenvalue weighted by molar-refractivity contribution is -0.384. The average Bonchev–Trinajstić information content (AvgIpc) is 3.25. The van der Waals surface area contributed by atoms with Gasteiger partial charge in [-0.2, -0.15) is 4.31 Å². The Kier molecular flexibility index (Phi) is 6.24. The van der Waals surface area contributed by atoms with Crippen molar-refractivity contribution in [3.05, 3.63) is 38.3 Å². The third-order valence-electron chi connectivity index (χ3n) is 5.65. The van der Waals surface area contributed by atoms with E-state index in [1.807, 2.05) is 0 Å². The van der Waals surface area contributed by atoms with Crippen molar-refractivity contribution in [3.63, 3.8) is 0 Å². The Morgan fingerprint density at radius 3 is 2.47 bits per heavy atom. The normalized spacial score (nSPS) is 19.2. The van der Waals surface area contributed by atoms with Gasteiger partial charge in [-0.3, -0.25) is 10.1 Å². The number of hydrogen-bond acceptors (Lipinski definition) is 8. The molecule has 30 heavy (non-hydrogen) atoms. The summed E-state index contributed by atoms with van der Waals surface area (Å²) in [6.45, 7) is 1.54. The molecule has 162 valence electrons. The summed E-state index contributed by atoms with van der Waals surface area (Å²) in [5, 5.41) is 21.6. The van der Waals surface area contributed by atoms with E-state index in [1.165, 1.54) is 35.7 Å². The zero-order valence-electron chi connectivity index (χ0n) is 16.2. The predicted molar refractivity (Wildman–Crippen MR) is 115 cm³/mol. The molecule has 0 N–H and O–H groups in total. The van der Waals surface area contributed by atoms with Crippen molar-refractivity contribution >= 4 is 43.8 Å². The van der Waals surface area contributed by atoms with Crippen LogP contribution >= 0.6 is 22.9 Å². The van der Waals surface area contributed by atoms with E-state index in [1.54, 1.807) is 11.3 Å². The molecule has 2 fully saturated rings. The van der Waals surface area contributed by atoms with Crippen molar-refractivity contribution in [2.45, 2.75) is 42.9 Å². The van der Waals surface area contributed by atoms with Crippen LogP contribution in [-0.2, 0) is 10.0 Å². The SMILES string of the molecule is O=[N+]([O-])c1cc(S(=O)(=O)N2CCN(c3nnc(C4CCCCC4)s3)CC2)ccc1Cl. The van der Waals surface area contributed by atoms with Crippen molar-refractivity contribution in [1.82, 2.24) is 14.5 Å². The molecule has 1 aromatic carbocycles. The quantitative estimate of drug-likeness (QED) is 0.483. The van der Waals surface area contributed by atoms with Gasteiger partial charge in [0.25, 0.3) is 5.69 Å². The molecule has 1 aliphatic heterocycles. The lowest BCUT2D eigenvalue weighted by Gasteiger charge is -2.33. The van der Waals surface area contributed by atoms with E-state index < -0.39 is 20.6 Å². The minimum atomic E-state index is -3.84. The molecule has 2 aromatic rings. The molecular weight excluding hydrogens is 450 g/mol. The van der Waals surface area contributed by atoms with Gasteiger partial charge in [0.05, 0.1) is 9.82 Å². The maximum absolute atomic E-state index is 12.9. The number of halogens is 1. The summed E-state index contributed by atoms with van der Waals surface area (Å²) in [6.07, 6.45) is 6.08. The second kappa shape index (κ2) is 8.74. The Hall–Kier alpha value is -1.82. The maximum Gasteiger partial charge on any atom is 0.289 e. The van der Waals surface area contributed by atoms with Gasteiger partial charge in [0.2, 0.25) is 15.2 Å². The summed E-state index contributed by atoms with van der Waals surface area (Å²) in [7, 11) is -3.84. The summed E-state index contributed by atoms with van der Waals surface area (Å²) >= 11 is 7.41. The van der Waals surface area contributed by atoms with Crippen LogP contribution in [0.5, 0.6) is 0 Å². The summed E-state index contributed by atoms with van der Waals surface area (Å²) in [5.41, 5.74) is -0.416. The number of rotatable bonds is 5. The Morgan fingerprint density at radius 1 is 1.10 bits per heavy atom. The van der Waals surface area contributed by atoms with Crippen LogP contribution in [0.1, 0.15) is 43.0 Å². The van der Waals surface area contributed by atoms with Gasteiger partial charge >= 0.3 is 0 Å². The van der Waals surface area contributed by atoms with Crippen molar-refractivity contribution in [2.75, 3.05) is 31.1 Å². The smallest absolute Gasteiger partial charge is 0.289 e. The van der Waals surface area contributed by atoms with Gasteiger partial charge < -0.3 is 4.90 Å². The van der Waals surface area contributed by atoms with Gasteiger partial charge in [-0.1, -0.05) is 42.2 Å². The molecule has 0 atom stereocenters. The lowest BCUT2D eigenvalue weighted by Crippen LogP contribution is -2.48. The number of nitro benzene ring substituents is 1. The van der Waals surface area contributed by atoms with Crippen LogP contribution in [0, 0.1) is 10.1 Å². The topological polar surface area (TPSA) is 110 Å². The van der Waals surface area contributed by atoms with Gasteiger partial charge in [0, 0.05) is 38.2 Å². The molecule has 1 saturated carbocycles. The summed E-state index contributed by atoms with van der Waals surface area (Å²) < 4.78 is 27.2. The minimum absolute atomic E-state index is 0.0891. The third-order valence-corrected chi connectivity index (χ3v) is 9.01. The Labute approximate surface area is 183 Å². The number of anilines is 1. The highest BCUT2D eigenvalue weighted by Gasteiger charge is 2.31. The summed E-state index contributed by atoms with van der Waals surface area (Å²) in [5.74, 6) is 0.493. The lowest BCUT2D eigenvalue weighted by atomic mass is 9.90. The van der Waals surface area contributed by atoms with E-state index >= 15 is 0 Å². The molecule has 1 aromatic heterocycles. The van der Waals surface area contributed by atoms with Crippen LogP contribution in [0.3, 0.4) is 0 Å². The van der Waals surface area contributed by atoms with E-state index in [2.05, 4.69) is 15.1 Å². The monoisotopic (exact) mass is 471 g/mol. The minimum Gasteiger partial charge on any atom is -0.344 e. The number of piperazine rings is 1. The second-order valence-electron chi connectivity index (χ2n) is 7.52. The Balaban J connectivity index is 1.43. The van der Waals surface area contributed by atoms with Gasteiger partial charge in [0.1, 0.15) is 10.0 Å². The van der Waals surface area contributed by atoms with Crippen LogP contribution < -0.4 is 4.90 Å². The van der Waals surface area contributed by atoms with E-state index in [4.69, 9.17) is 11.6 Å². The molecule has 1 aliphatic carbocycles. The number of sulfonamides is 1. The number of benzene rings is 1. The molecule has 1 saturated heterocycles. The van der Waals surface area contributed by atoms with Crippen LogP contribution in [-0.4, -0.2) is 54.0 Å². The summed E-state index contributed by atoms with van der Waals surface area (Å²) in [6, 6.07) is 3.57. The van der Waals surface area contributed by atoms with E-state index in [0.29, 0.717) is 19.0 Å². The van der Waals surface area contributed by atoms with Crippen molar-refractivity contribution in [3.8, 4) is 0 Å². The average molecular weight is 472 g/mol. The van der Waals surface area contributed by atoms with Crippen LogP contribution in [0.4, 0.5) is 10.8 Å². The highest BCUT2D eigenvalue weighted by molar-refractivity contribution is 7.89. The molecular formula is C18H22ClN5O4S2. The molecule has 0 bridgehead atoms. The number of nitrogens with zero attached hydrogens (tertiary/aromatic N) is 5. The first-order chi connectivity index (χ1) is 14.4. The first kappa shape index (κ1) is 21.4. The molecule has 12 heteroatoms. The molecule has 0 radical (unpaired) electrons. The molecule has 9 nitrogen and oxygen atoms in total. The molecule has 0 amide bonds.